The van der Waals surface area contributed by atoms with Gasteiger partial charge in [0.15, 0.2) is 0 Å². The second-order valence-corrected chi connectivity index (χ2v) is 5.63. The molecule has 2 rings (SSSR count). The quantitative estimate of drug-likeness (QED) is 0.926. The topological polar surface area (TPSA) is 60.9 Å². The summed E-state index contributed by atoms with van der Waals surface area (Å²) in [5.41, 5.74) is 1.40. The van der Waals surface area contributed by atoms with Crippen LogP contribution in [0.2, 0.25) is 5.02 Å². The van der Waals surface area contributed by atoms with Crippen LogP contribution in [-0.4, -0.2) is 59.5 Å². The van der Waals surface area contributed by atoms with Gasteiger partial charge in [-0.1, -0.05) is 23.7 Å². The highest BCUT2D eigenvalue weighted by Crippen LogP contribution is 2.22. The van der Waals surface area contributed by atoms with Crippen LogP contribution in [0, 0.1) is 6.92 Å². The van der Waals surface area contributed by atoms with Gasteiger partial charge in [-0.05, 0) is 25.0 Å². The Kier molecular flexibility index (Phi) is 5.20. The Labute approximate surface area is 129 Å². The van der Waals surface area contributed by atoms with Crippen molar-refractivity contribution in [2.24, 2.45) is 0 Å². The van der Waals surface area contributed by atoms with Crippen LogP contribution in [0.5, 0.6) is 0 Å². The molecule has 0 radical (unpaired) electrons. The van der Waals surface area contributed by atoms with Gasteiger partial charge < -0.3 is 10.0 Å². The molecule has 0 aliphatic carbocycles. The number of rotatable bonds is 3. The van der Waals surface area contributed by atoms with Crippen molar-refractivity contribution >= 4 is 23.5 Å². The second-order valence-electron chi connectivity index (χ2n) is 5.25. The summed E-state index contributed by atoms with van der Waals surface area (Å²) < 4.78 is 0. The lowest BCUT2D eigenvalue weighted by Gasteiger charge is -2.22. The predicted octanol–water partition coefficient (Wildman–Crippen LogP) is 1.88. The lowest BCUT2D eigenvalue weighted by atomic mass is 10.1. The minimum absolute atomic E-state index is 0.0211. The maximum atomic E-state index is 12.6. The number of carboxylic acid groups (broad SMARTS) is 1. The predicted molar refractivity (Wildman–Crippen MR) is 80.8 cm³/mol. The zero-order valence-electron chi connectivity index (χ0n) is 12.0. The molecular weight excluding hydrogens is 292 g/mol. The monoisotopic (exact) mass is 310 g/mol. The van der Waals surface area contributed by atoms with E-state index in [0.29, 0.717) is 36.8 Å². The van der Waals surface area contributed by atoms with Gasteiger partial charge in [0.2, 0.25) is 0 Å². The van der Waals surface area contributed by atoms with Crippen molar-refractivity contribution in [1.82, 2.24) is 9.80 Å². The minimum atomic E-state index is -0.837. The van der Waals surface area contributed by atoms with Gasteiger partial charge in [0.1, 0.15) is 0 Å². The fourth-order valence-electron chi connectivity index (χ4n) is 2.51. The average molecular weight is 311 g/mol. The summed E-state index contributed by atoms with van der Waals surface area (Å²) in [5, 5.41) is 9.33. The SMILES string of the molecule is Cc1cccc(C(=O)N2CCCN(CC(=O)O)CC2)c1Cl. The summed E-state index contributed by atoms with van der Waals surface area (Å²) in [5.74, 6) is -0.919. The number of halogens is 1. The van der Waals surface area contributed by atoms with E-state index >= 15 is 0 Å². The molecule has 1 aromatic carbocycles. The van der Waals surface area contributed by atoms with Crippen LogP contribution in [0.3, 0.4) is 0 Å². The van der Waals surface area contributed by atoms with E-state index in [4.69, 9.17) is 16.7 Å². The number of amides is 1. The van der Waals surface area contributed by atoms with Crippen LogP contribution in [0.15, 0.2) is 18.2 Å². The molecule has 1 fully saturated rings. The minimum Gasteiger partial charge on any atom is -0.480 e. The molecule has 1 aliphatic heterocycles. The van der Waals surface area contributed by atoms with E-state index in [9.17, 15) is 9.59 Å². The van der Waals surface area contributed by atoms with Gasteiger partial charge in [-0.15, -0.1) is 0 Å². The Morgan fingerprint density at radius 2 is 2.00 bits per heavy atom. The van der Waals surface area contributed by atoms with E-state index < -0.39 is 5.97 Å². The van der Waals surface area contributed by atoms with Gasteiger partial charge in [0.25, 0.3) is 5.91 Å². The highest BCUT2D eigenvalue weighted by molar-refractivity contribution is 6.34. The van der Waals surface area contributed by atoms with Crippen molar-refractivity contribution in [1.29, 1.82) is 0 Å². The molecule has 5 nitrogen and oxygen atoms in total. The van der Waals surface area contributed by atoms with Gasteiger partial charge in [0, 0.05) is 26.2 Å². The summed E-state index contributed by atoms with van der Waals surface area (Å²) in [6.07, 6.45) is 0.766. The van der Waals surface area contributed by atoms with Crippen LogP contribution < -0.4 is 0 Å². The van der Waals surface area contributed by atoms with Gasteiger partial charge >= 0.3 is 5.97 Å². The largest absolute Gasteiger partial charge is 0.480 e. The lowest BCUT2D eigenvalue weighted by Crippen LogP contribution is -2.36. The Balaban J connectivity index is 2.06. The lowest BCUT2D eigenvalue weighted by molar-refractivity contribution is -0.138. The van der Waals surface area contributed by atoms with Gasteiger partial charge in [-0.3, -0.25) is 14.5 Å². The standard InChI is InChI=1S/C15H19ClN2O3/c1-11-4-2-5-12(14(11)16)15(21)18-7-3-6-17(8-9-18)10-13(19)20/h2,4-5H,3,6-10H2,1H3,(H,19,20). The Morgan fingerprint density at radius 1 is 1.24 bits per heavy atom. The second kappa shape index (κ2) is 6.91. The summed E-state index contributed by atoms with van der Waals surface area (Å²) in [4.78, 5) is 26.9. The molecule has 1 N–H and O–H groups in total. The average Bonchev–Trinajstić information content (AvgIpc) is 2.66. The molecule has 6 heteroatoms. The molecule has 1 heterocycles. The highest BCUT2D eigenvalue weighted by Gasteiger charge is 2.23. The normalized spacial score (nSPS) is 16.6. The summed E-state index contributed by atoms with van der Waals surface area (Å²) in [6.45, 7) is 4.30. The zero-order chi connectivity index (χ0) is 15.4. The van der Waals surface area contributed by atoms with E-state index in [1.54, 1.807) is 11.0 Å². The Hall–Kier alpha value is -1.59. The van der Waals surface area contributed by atoms with Crippen LogP contribution in [0.25, 0.3) is 0 Å². The third-order valence-electron chi connectivity index (χ3n) is 3.66. The Bertz CT molecular complexity index is 548. The molecule has 0 unspecified atom stereocenters. The number of hydrogen-bond acceptors (Lipinski definition) is 3. The van der Waals surface area contributed by atoms with Gasteiger partial charge in [-0.25, -0.2) is 0 Å². The molecule has 1 amide bonds. The maximum absolute atomic E-state index is 12.6. The molecule has 114 valence electrons. The Morgan fingerprint density at radius 3 is 2.71 bits per heavy atom. The molecular formula is C15H19ClN2O3. The summed E-state index contributed by atoms with van der Waals surface area (Å²) >= 11 is 6.21. The first kappa shape index (κ1) is 15.8. The highest BCUT2D eigenvalue weighted by atomic mass is 35.5. The fourth-order valence-corrected chi connectivity index (χ4v) is 2.71. The number of nitrogens with zero attached hydrogens (tertiary/aromatic N) is 2. The fraction of sp³-hybridized carbons (Fsp3) is 0.467. The molecule has 0 bridgehead atoms. The smallest absolute Gasteiger partial charge is 0.317 e. The molecule has 1 aromatic rings. The van der Waals surface area contributed by atoms with E-state index in [-0.39, 0.29) is 12.5 Å². The van der Waals surface area contributed by atoms with Gasteiger partial charge in [-0.2, -0.15) is 0 Å². The number of carbonyl (C=O) groups is 2. The van der Waals surface area contributed by atoms with Crippen molar-refractivity contribution < 1.29 is 14.7 Å². The summed E-state index contributed by atoms with van der Waals surface area (Å²) in [7, 11) is 0. The maximum Gasteiger partial charge on any atom is 0.317 e. The number of aliphatic carboxylic acids is 1. The van der Waals surface area contributed by atoms with Gasteiger partial charge in [0.05, 0.1) is 17.1 Å². The number of hydrogen-bond donors (Lipinski definition) is 1. The number of aryl methyl sites for hydroxylation is 1. The first-order chi connectivity index (χ1) is 9.99. The zero-order valence-corrected chi connectivity index (χ0v) is 12.8. The van der Waals surface area contributed by atoms with E-state index in [2.05, 4.69) is 0 Å². The molecule has 0 spiro atoms. The first-order valence-corrected chi connectivity index (χ1v) is 7.35. The molecule has 0 saturated carbocycles. The molecule has 1 aliphatic rings. The summed E-state index contributed by atoms with van der Waals surface area (Å²) in [6, 6.07) is 5.43. The van der Waals surface area contributed by atoms with Crippen molar-refractivity contribution in [3.63, 3.8) is 0 Å². The number of carbonyl (C=O) groups excluding carboxylic acids is 1. The number of benzene rings is 1. The van der Waals surface area contributed by atoms with E-state index in [0.717, 1.165) is 12.0 Å². The molecule has 1 saturated heterocycles. The molecule has 21 heavy (non-hydrogen) atoms. The van der Waals surface area contributed by atoms with E-state index in [1.165, 1.54) is 0 Å². The van der Waals surface area contributed by atoms with Crippen LogP contribution in [0.4, 0.5) is 0 Å². The van der Waals surface area contributed by atoms with Crippen molar-refractivity contribution in [3.05, 3.63) is 34.3 Å². The first-order valence-electron chi connectivity index (χ1n) is 6.97. The van der Waals surface area contributed by atoms with Crippen LogP contribution in [-0.2, 0) is 4.79 Å². The van der Waals surface area contributed by atoms with E-state index in [1.807, 2.05) is 24.0 Å². The van der Waals surface area contributed by atoms with Crippen LogP contribution >= 0.6 is 11.6 Å². The molecule has 0 aromatic heterocycles. The van der Waals surface area contributed by atoms with Crippen LogP contribution in [0.1, 0.15) is 22.3 Å². The third kappa shape index (κ3) is 3.95. The van der Waals surface area contributed by atoms with Crippen molar-refractivity contribution in [3.8, 4) is 0 Å². The third-order valence-corrected chi connectivity index (χ3v) is 4.16. The van der Waals surface area contributed by atoms with Crippen molar-refractivity contribution in [2.75, 3.05) is 32.7 Å². The number of carboxylic acids is 1. The van der Waals surface area contributed by atoms with Crippen molar-refractivity contribution in [2.45, 2.75) is 13.3 Å². The molecule has 0 atom stereocenters.